The molecular formula is C16H26O2. The first-order valence-corrected chi connectivity index (χ1v) is 7.15. The summed E-state index contributed by atoms with van der Waals surface area (Å²) in [6.07, 6.45) is 9.65. The molecule has 0 bridgehead atoms. The molecule has 1 aliphatic heterocycles. The summed E-state index contributed by atoms with van der Waals surface area (Å²) < 4.78 is 12.2. The zero-order valence-electron chi connectivity index (χ0n) is 12.1. The predicted molar refractivity (Wildman–Crippen MR) is 74.5 cm³/mol. The van der Waals surface area contributed by atoms with E-state index in [1.54, 1.807) is 0 Å². The Hall–Kier alpha value is -0.600. The monoisotopic (exact) mass is 250 g/mol. The van der Waals surface area contributed by atoms with Crippen molar-refractivity contribution in [3.05, 3.63) is 23.8 Å². The van der Waals surface area contributed by atoms with Crippen molar-refractivity contribution in [1.29, 1.82) is 0 Å². The van der Waals surface area contributed by atoms with Crippen LogP contribution >= 0.6 is 0 Å². The molecule has 0 spiro atoms. The fourth-order valence-corrected chi connectivity index (χ4v) is 3.05. The third kappa shape index (κ3) is 3.46. The van der Waals surface area contributed by atoms with Crippen molar-refractivity contribution in [2.45, 2.75) is 58.8 Å². The van der Waals surface area contributed by atoms with Crippen molar-refractivity contribution >= 4 is 0 Å². The summed E-state index contributed by atoms with van der Waals surface area (Å²) >= 11 is 0. The van der Waals surface area contributed by atoms with Crippen LogP contribution in [0.2, 0.25) is 0 Å². The first-order chi connectivity index (χ1) is 8.56. The number of rotatable bonds is 3. The average Bonchev–Trinajstić information content (AvgIpc) is 2.29. The molecule has 0 amide bonds. The zero-order chi connectivity index (χ0) is 13.1. The Morgan fingerprint density at radius 1 is 1.44 bits per heavy atom. The Balaban J connectivity index is 1.90. The summed E-state index contributed by atoms with van der Waals surface area (Å²) in [5.41, 5.74) is 1.38. The molecule has 0 unspecified atom stereocenters. The molecule has 0 aromatic rings. The standard InChI is InChI=1S/C16H26O2/c1-11(2)8-12(3)9-14-10-17-15-7-5-6-13(4)16(15)18-14/h5-6,8,12-16H,7,9-10H2,1-4H3/t12-,13-,14-,15+,16-/m0/s1. The maximum absolute atomic E-state index is 6.25. The number of fused-ring (bicyclic) bond motifs is 1. The van der Waals surface area contributed by atoms with E-state index in [4.69, 9.17) is 9.47 Å². The summed E-state index contributed by atoms with van der Waals surface area (Å²) in [6.45, 7) is 9.53. The van der Waals surface area contributed by atoms with E-state index in [0.717, 1.165) is 19.4 Å². The van der Waals surface area contributed by atoms with Gasteiger partial charge in [0.25, 0.3) is 0 Å². The molecule has 2 aliphatic rings. The quantitative estimate of drug-likeness (QED) is 0.711. The first kappa shape index (κ1) is 13.8. The van der Waals surface area contributed by atoms with E-state index in [1.807, 2.05) is 0 Å². The van der Waals surface area contributed by atoms with Crippen LogP contribution < -0.4 is 0 Å². The molecule has 5 atom stereocenters. The fraction of sp³-hybridized carbons (Fsp3) is 0.750. The van der Waals surface area contributed by atoms with E-state index in [0.29, 0.717) is 11.8 Å². The molecule has 1 saturated heterocycles. The Morgan fingerprint density at radius 3 is 2.94 bits per heavy atom. The number of hydrogen-bond acceptors (Lipinski definition) is 2. The second-order valence-electron chi connectivity index (χ2n) is 6.07. The Morgan fingerprint density at radius 2 is 2.22 bits per heavy atom. The van der Waals surface area contributed by atoms with Gasteiger partial charge in [0.15, 0.2) is 0 Å². The second-order valence-corrected chi connectivity index (χ2v) is 6.07. The van der Waals surface area contributed by atoms with Crippen molar-refractivity contribution in [3.8, 4) is 0 Å². The highest BCUT2D eigenvalue weighted by molar-refractivity contribution is 5.03. The number of hydrogen-bond donors (Lipinski definition) is 0. The van der Waals surface area contributed by atoms with Crippen LogP contribution in [0.25, 0.3) is 0 Å². The highest BCUT2D eigenvalue weighted by Gasteiger charge is 2.36. The number of ether oxygens (including phenoxy) is 2. The van der Waals surface area contributed by atoms with Crippen molar-refractivity contribution in [1.82, 2.24) is 0 Å². The van der Waals surface area contributed by atoms with Gasteiger partial charge in [-0.1, -0.05) is 37.6 Å². The van der Waals surface area contributed by atoms with Crippen LogP contribution in [0.4, 0.5) is 0 Å². The highest BCUT2D eigenvalue weighted by atomic mass is 16.6. The minimum absolute atomic E-state index is 0.255. The summed E-state index contributed by atoms with van der Waals surface area (Å²) in [4.78, 5) is 0. The van der Waals surface area contributed by atoms with Crippen molar-refractivity contribution in [2.75, 3.05) is 6.61 Å². The number of allylic oxidation sites excluding steroid dienone is 2. The van der Waals surface area contributed by atoms with E-state index in [-0.39, 0.29) is 18.3 Å². The lowest BCUT2D eigenvalue weighted by atomic mass is 9.90. The van der Waals surface area contributed by atoms with E-state index >= 15 is 0 Å². The minimum Gasteiger partial charge on any atom is -0.372 e. The molecule has 1 aliphatic carbocycles. The summed E-state index contributed by atoms with van der Waals surface area (Å²) in [7, 11) is 0. The highest BCUT2D eigenvalue weighted by Crippen LogP contribution is 2.30. The van der Waals surface area contributed by atoms with Crippen molar-refractivity contribution in [2.24, 2.45) is 11.8 Å². The summed E-state index contributed by atoms with van der Waals surface area (Å²) in [5.74, 6) is 1.04. The maximum atomic E-state index is 6.25. The molecule has 0 aromatic carbocycles. The van der Waals surface area contributed by atoms with Gasteiger partial charge in [-0.05, 0) is 32.6 Å². The third-order valence-electron chi connectivity index (χ3n) is 3.79. The Bertz CT molecular complexity index is 328. The van der Waals surface area contributed by atoms with E-state index in [9.17, 15) is 0 Å². The largest absolute Gasteiger partial charge is 0.372 e. The molecule has 0 saturated carbocycles. The lowest BCUT2D eigenvalue weighted by molar-refractivity contribution is -0.195. The van der Waals surface area contributed by atoms with Crippen LogP contribution in [-0.4, -0.2) is 24.9 Å². The van der Waals surface area contributed by atoms with Crippen molar-refractivity contribution in [3.63, 3.8) is 0 Å². The normalized spacial score (nSPS) is 36.9. The van der Waals surface area contributed by atoms with Crippen LogP contribution in [0, 0.1) is 11.8 Å². The molecule has 18 heavy (non-hydrogen) atoms. The predicted octanol–water partition coefficient (Wildman–Crippen LogP) is 3.73. The van der Waals surface area contributed by atoms with Gasteiger partial charge < -0.3 is 9.47 Å². The molecule has 2 rings (SSSR count). The van der Waals surface area contributed by atoms with Crippen LogP contribution in [0.3, 0.4) is 0 Å². The zero-order valence-corrected chi connectivity index (χ0v) is 12.1. The fourth-order valence-electron chi connectivity index (χ4n) is 3.05. The van der Waals surface area contributed by atoms with Gasteiger partial charge >= 0.3 is 0 Å². The van der Waals surface area contributed by atoms with Crippen LogP contribution in [0.15, 0.2) is 23.8 Å². The van der Waals surface area contributed by atoms with Gasteiger partial charge in [-0.15, -0.1) is 0 Å². The summed E-state index contributed by atoms with van der Waals surface area (Å²) in [5, 5.41) is 0. The minimum atomic E-state index is 0.255. The van der Waals surface area contributed by atoms with Gasteiger partial charge in [-0.3, -0.25) is 0 Å². The summed E-state index contributed by atoms with van der Waals surface area (Å²) in [6, 6.07) is 0. The van der Waals surface area contributed by atoms with E-state index < -0.39 is 0 Å². The molecular weight excluding hydrogens is 224 g/mol. The lowest BCUT2D eigenvalue weighted by Gasteiger charge is -2.41. The SMILES string of the molecule is CC(C)=C[C@H](C)C[C@H]1CO[C@@H]2CC=C[C@H](C)[C@@H]2O1. The molecule has 102 valence electrons. The topological polar surface area (TPSA) is 18.5 Å². The van der Waals surface area contributed by atoms with Gasteiger partial charge in [0.2, 0.25) is 0 Å². The first-order valence-electron chi connectivity index (χ1n) is 7.15. The molecule has 0 N–H and O–H groups in total. The lowest BCUT2D eigenvalue weighted by Crippen LogP contribution is -2.47. The molecule has 0 aromatic heterocycles. The molecule has 1 heterocycles. The van der Waals surface area contributed by atoms with Gasteiger partial charge in [0, 0.05) is 5.92 Å². The maximum Gasteiger partial charge on any atom is 0.0904 e. The van der Waals surface area contributed by atoms with Crippen LogP contribution in [0.5, 0.6) is 0 Å². The van der Waals surface area contributed by atoms with E-state index in [1.165, 1.54) is 5.57 Å². The average molecular weight is 250 g/mol. The Kier molecular flexibility index (Phi) is 4.63. The van der Waals surface area contributed by atoms with Gasteiger partial charge in [-0.2, -0.15) is 0 Å². The van der Waals surface area contributed by atoms with Gasteiger partial charge in [-0.25, -0.2) is 0 Å². The van der Waals surface area contributed by atoms with Crippen LogP contribution in [0.1, 0.15) is 40.5 Å². The van der Waals surface area contributed by atoms with Crippen LogP contribution in [-0.2, 0) is 9.47 Å². The molecule has 2 heteroatoms. The van der Waals surface area contributed by atoms with Crippen molar-refractivity contribution < 1.29 is 9.47 Å². The second kappa shape index (κ2) is 6.03. The molecule has 2 nitrogen and oxygen atoms in total. The Labute approximate surface area is 111 Å². The van der Waals surface area contributed by atoms with Gasteiger partial charge in [0.05, 0.1) is 24.9 Å². The molecule has 0 radical (unpaired) electrons. The van der Waals surface area contributed by atoms with E-state index in [2.05, 4.69) is 45.9 Å². The molecule has 1 fully saturated rings. The third-order valence-corrected chi connectivity index (χ3v) is 3.79. The smallest absolute Gasteiger partial charge is 0.0904 e. The van der Waals surface area contributed by atoms with Gasteiger partial charge in [0.1, 0.15) is 0 Å².